The minimum atomic E-state index is -0.788. The molecule has 0 amide bonds. The number of rotatable bonds is 4. The van der Waals surface area contributed by atoms with Gasteiger partial charge in [-0.2, -0.15) is 0 Å². The fraction of sp³-hybridized carbons (Fsp3) is 0.500. The minimum absolute atomic E-state index is 0.472. The average Bonchev–Trinajstić information content (AvgIpc) is 2.12. The Kier molecular flexibility index (Phi) is 3.82. The summed E-state index contributed by atoms with van der Waals surface area (Å²) in [5.74, 6) is 1.78. The van der Waals surface area contributed by atoms with Crippen molar-refractivity contribution >= 4 is 22.4 Å². The van der Waals surface area contributed by atoms with Crippen LogP contribution in [-0.2, 0) is 10.8 Å². The molecule has 0 aliphatic carbocycles. The van der Waals surface area contributed by atoms with Crippen molar-refractivity contribution in [3.8, 4) is 0 Å². The second-order valence-corrected chi connectivity index (χ2v) is 4.49. The van der Waals surface area contributed by atoms with Crippen molar-refractivity contribution in [1.29, 1.82) is 0 Å². The lowest BCUT2D eigenvalue weighted by Gasteiger charge is -2.07. The monoisotopic (exact) mass is 214 g/mol. The maximum atomic E-state index is 10.8. The third-order valence-corrected chi connectivity index (χ3v) is 2.58. The van der Waals surface area contributed by atoms with E-state index in [1.54, 1.807) is 6.26 Å². The topological polar surface area (TPSA) is 80.9 Å². The number of nitrogens with two attached hydrogens (primary N) is 1. The van der Waals surface area contributed by atoms with E-state index >= 15 is 0 Å². The van der Waals surface area contributed by atoms with Crippen molar-refractivity contribution in [2.24, 2.45) is 0 Å². The Morgan fingerprint density at radius 1 is 1.57 bits per heavy atom. The van der Waals surface area contributed by atoms with Gasteiger partial charge in [0.05, 0.1) is 0 Å². The van der Waals surface area contributed by atoms with Gasteiger partial charge in [0.25, 0.3) is 0 Å². The van der Waals surface area contributed by atoms with E-state index in [4.69, 9.17) is 5.73 Å². The van der Waals surface area contributed by atoms with Crippen LogP contribution >= 0.6 is 0 Å². The van der Waals surface area contributed by atoms with Crippen LogP contribution in [0.3, 0.4) is 0 Å². The Balaban J connectivity index is 2.59. The van der Waals surface area contributed by atoms with Gasteiger partial charge in [-0.1, -0.05) is 0 Å². The Labute approximate surface area is 85.6 Å². The van der Waals surface area contributed by atoms with Gasteiger partial charge in [-0.3, -0.25) is 4.21 Å². The van der Waals surface area contributed by atoms with Crippen molar-refractivity contribution in [3.05, 3.63) is 11.9 Å². The number of nitrogens with zero attached hydrogens (tertiary/aromatic N) is 2. The Morgan fingerprint density at radius 2 is 2.29 bits per heavy atom. The first-order valence-electron chi connectivity index (χ1n) is 4.22. The van der Waals surface area contributed by atoms with Crippen molar-refractivity contribution in [2.75, 3.05) is 29.6 Å². The molecule has 0 aliphatic heterocycles. The lowest BCUT2D eigenvalue weighted by molar-refractivity contribution is 0.687. The summed E-state index contributed by atoms with van der Waals surface area (Å²) in [5.41, 5.74) is 6.43. The lowest BCUT2D eigenvalue weighted by Crippen LogP contribution is -2.12. The van der Waals surface area contributed by atoms with Crippen LogP contribution in [0, 0.1) is 6.92 Å². The summed E-state index contributed by atoms with van der Waals surface area (Å²) >= 11 is 0. The van der Waals surface area contributed by atoms with Gasteiger partial charge < -0.3 is 11.1 Å². The summed E-state index contributed by atoms with van der Waals surface area (Å²) in [7, 11) is -0.788. The number of nitrogens with one attached hydrogen (secondary N) is 1. The number of hydrogen-bond acceptors (Lipinski definition) is 5. The first-order chi connectivity index (χ1) is 6.61. The van der Waals surface area contributed by atoms with Gasteiger partial charge in [-0.05, 0) is 6.92 Å². The molecule has 1 aromatic rings. The molecule has 5 nitrogen and oxygen atoms in total. The first kappa shape index (κ1) is 10.9. The van der Waals surface area contributed by atoms with Gasteiger partial charge in [-0.15, -0.1) is 0 Å². The standard InChI is InChI=1S/C8H14N4OS/c1-6-7(9)11-5-12-8(6)10-3-4-14(2)13/h5H,3-4H2,1-2H3,(H3,9,10,11,12). The third kappa shape index (κ3) is 2.95. The molecule has 1 atom stereocenters. The number of hydrogen-bond donors (Lipinski definition) is 2. The van der Waals surface area contributed by atoms with Crippen LogP contribution in [0.25, 0.3) is 0 Å². The largest absolute Gasteiger partial charge is 0.383 e. The molecule has 78 valence electrons. The molecule has 0 aliphatic rings. The fourth-order valence-corrected chi connectivity index (χ4v) is 1.34. The van der Waals surface area contributed by atoms with Crippen LogP contribution in [-0.4, -0.2) is 32.7 Å². The Hall–Kier alpha value is -1.17. The molecular formula is C8H14N4OS. The molecule has 0 fully saturated rings. The van der Waals surface area contributed by atoms with E-state index in [0.717, 1.165) is 5.56 Å². The molecule has 1 aromatic heterocycles. The van der Waals surface area contributed by atoms with Crippen LogP contribution in [0.15, 0.2) is 6.33 Å². The summed E-state index contributed by atoms with van der Waals surface area (Å²) < 4.78 is 10.8. The predicted octanol–water partition coefficient (Wildman–Crippen LogP) is 0.158. The highest BCUT2D eigenvalue weighted by molar-refractivity contribution is 7.84. The van der Waals surface area contributed by atoms with Gasteiger partial charge in [0.2, 0.25) is 0 Å². The van der Waals surface area contributed by atoms with Crippen LogP contribution < -0.4 is 11.1 Å². The highest BCUT2D eigenvalue weighted by Gasteiger charge is 2.02. The molecule has 0 saturated heterocycles. The van der Waals surface area contributed by atoms with Gasteiger partial charge in [0.15, 0.2) is 0 Å². The van der Waals surface area contributed by atoms with Crippen molar-refractivity contribution < 1.29 is 4.21 Å². The van der Waals surface area contributed by atoms with Crippen LogP contribution in [0.1, 0.15) is 5.56 Å². The molecule has 0 radical (unpaired) electrons. The van der Waals surface area contributed by atoms with Crippen molar-refractivity contribution in [1.82, 2.24) is 9.97 Å². The summed E-state index contributed by atoms with van der Waals surface area (Å²) in [6.07, 6.45) is 3.08. The maximum absolute atomic E-state index is 10.8. The van der Waals surface area contributed by atoms with E-state index < -0.39 is 10.8 Å². The number of anilines is 2. The quantitative estimate of drug-likeness (QED) is 0.746. The molecule has 6 heteroatoms. The molecule has 1 unspecified atom stereocenters. The molecule has 0 saturated carbocycles. The van der Waals surface area contributed by atoms with E-state index in [-0.39, 0.29) is 0 Å². The number of aromatic nitrogens is 2. The minimum Gasteiger partial charge on any atom is -0.383 e. The smallest absolute Gasteiger partial charge is 0.134 e. The van der Waals surface area contributed by atoms with E-state index in [9.17, 15) is 4.21 Å². The fourth-order valence-electron chi connectivity index (χ4n) is 0.955. The molecule has 1 heterocycles. The molecule has 0 aromatic carbocycles. The zero-order valence-corrected chi connectivity index (χ0v) is 9.10. The summed E-state index contributed by atoms with van der Waals surface area (Å²) in [5, 5.41) is 3.06. The zero-order chi connectivity index (χ0) is 10.6. The molecular weight excluding hydrogens is 200 g/mol. The van der Waals surface area contributed by atoms with Crippen molar-refractivity contribution in [2.45, 2.75) is 6.92 Å². The highest BCUT2D eigenvalue weighted by Crippen LogP contribution is 2.14. The summed E-state index contributed by atoms with van der Waals surface area (Å²) in [4.78, 5) is 7.88. The SMILES string of the molecule is Cc1c(N)ncnc1NCCS(C)=O. The molecule has 1 rings (SSSR count). The van der Waals surface area contributed by atoms with Crippen LogP contribution in [0.2, 0.25) is 0 Å². The van der Waals surface area contributed by atoms with E-state index in [1.807, 2.05) is 6.92 Å². The second-order valence-electron chi connectivity index (χ2n) is 2.94. The Morgan fingerprint density at radius 3 is 2.93 bits per heavy atom. The predicted molar refractivity (Wildman–Crippen MR) is 58.6 cm³/mol. The lowest BCUT2D eigenvalue weighted by atomic mass is 10.3. The first-order valence-corrected chi connectivity index (χ1v) is 5.95. The van der Waals surface area contributed by atoms with Gasteiger partial charge in [-0.25, -0.2) is 9.97 Å². The molecule has 3 N–H and O–H groups in total. The summed E-state index contributed by atoms with van der Waals surface area (Å²) in [6.45, 7) is 2.47. The van der Waals surface area contributed by atoms with Gasteiger partial charge in [0, 0.05) is 34.9 Å². The van der Waals surface area contributed by atoms with Crippen LogP contribution in [0.5, 0.6) is 0 Å². The molecule has 0 bridgehead atoms. The van der Waals surface area contributed by atoms with Crippen molar-refractivity contribution in [3.63, 3.8) is 0 Å². The average molecular weight is 214 g/mol. The maximum Gasteiger partial charge on any atom is 0.134 e. The zero-order valence-electron chi connectivity index (χ0n) is 8.28. The molecule has 0 spiro atoms. The number of nitrogen functional groups attached to an aromatic ring is 1. The van der Waals surface area contributed by atoms with E-state index in [2.05, 4.69) is 15.3 Å². The van der Waals surface area contributed by atoms with E-state index in [1.165, 1.54) is 6.33 Å². The van der Waals surface area contributed by atoms with Gasteiger partial charge >= 0.3 is 0 Å². The summed E-state index contributed by atoms with van der Waals surface area (Å²) in [6, 6.07) is 0. The Bertz CT molecular complexity index is 342. The third-order valence-electron chi connectivity index (χ3n) is 1.81. The highest BCUT2D eigenvalue weighted by atomic mass is 32.2. The normalized spacial score (nSPS) is 12.4. The molecule has 14 heavy (non-hydrogen) atoms. The second kappa shape index (κ2) is 4.90. The van der Waals surface area contributed by atoms with Gasteiger partial charge in [0.1, 0.15) is 18.0 Å². The van der Waals surface area contributed by atoms with E-state index in [0.29, 0.717) is 23.9 Å². The van der Waals surface area contributed by atoms with Crippen LogP contribution in [0.4, 0.5) is 11.6 Å².